The fourth-order valence-corrected chi connectivity index (χ4v) is 2.01. The number of furan rings is 1. The van der Waals surface area contributed by atoms with Crippen LogP contribution in [0.2, 0.25) is 0 Å². The smallest absolute Gasteiger partial charge is 0.134 e. The zero-order valence-electron chi connectivity index (χ0n) is 12.5. The van der Waals surface area contributed by atoms with Crippen LogP contribution < -0.4 is 10.1 Å². The molecule has 0 amide bonds. The summed E-state index contributed by atoms with van der Waals surface area (Å²) in [6.07, 6.45) is 1.30. The van der Waals surface area contributed by atoms with Crippen LogP contribution >= 0.6 is 0 Å². The van der Waals surface area contributed by atoms with Crippen LogP contribution in [0.5, 0.6) is 5.75 Å². The maximum Gasteiger partial charge on any atom is 0.134 e. The van der Waals surface area contributed by atoms with Crippen molar-refractivity contribution in [3.05, 3.63) is 42.2 Å². The second-order valence-corrected chi connectivity index (χ2v) is 5.14. The number of ether oxygens (including phenoxy) is 1. The lowest BCUT2D eigenvalue weighted by Crippen LogP contribution is -2.12. The molecule has 2 aromatic rings. The van der Waals surface area contributed by atoms with Gasteiger partial charge in [0.15, 0.2) is 0 Å². The van der Waals surface area contributed by atoms with E-state index in [0.29, 0.717) is 0 Å². The minimum Gasteiger partial charge on any atom is -0.491 e. The molecule has 0 saturated carbocycles. The fourth-order valence-electron chi connectivity index (χ4n) is 2.01. The second kappa shape index (κ2) is 7.15. The standard InChI is InChI=1S/C17H23NO2/c1-4-10-18-12-16-8-9-17(20-16)14-6-5-7-15(11-14)19-13(2)3/h5-9,11,13,18H,4,10,12H2,1-3H3. The summed E-state index contributed by atoms with van der Waals surface area (Å²) in [5.74, 6) is 2.72. The van der Waals surface area contributed by atoms with Gasteiger partial charge in [-0.3, -0.25) is 0 Å². The van der Waals surface area contributed by atoms with Gasteiger partial charge in [0, 0.05) is 5.56 Å². The van der Waals surface area contributed by atoms with Crippen LogP contribution in [-0.4, -0.2) is 12.6 Å². The average molecular weight is 273 g/mol. The molecule has 0 aliphatic rings. The molecule has 1 N–H and O–H groups in total. The van der Waals surface area contributed by atoms with E-state index >= 15 is 0 Å². The molecule has 0 aliphatic carbocycles. The molecule has 1 heterocycles. The van der Waals surface area contributed by atoms with Gasteiger partial charge in [-0.1, -0.05) is 19.1 Å². The number of nitrogens with one attached hydrogen (secondary N) is 1. The third-order valence-electron chi connectivity index (χ3n) is 2.88. The molecule has 3 nitrogen and oxygen atoms in total. The minimum atomic E-state index is 0.177. The molecular weight excluding hydrogens is 250 g/mol. The van der Waals surface area contributed by atoms with Gasteiger partial charge in [-0.2, -0.15) is 0 Å². The predicted molar refractivity (Wildman–Crippen MR) is 81.9 cm³/mol. The van der Waals surface area contributed by atoms with Crippen molar-refractivity contribution in [3.8, 4) is 17.1 Å². The van der Waals surface area contributed by atoms with Crippen molar-refractivity contribution in [1.82, 2.24) is 5.32 Å². The molecule has 1 aromatic heterocycles. The summed E-state index contributed by atoms with van der Waals surface area (Å²) < 4.78 is 11.6. The van der Waals surface area contributed by atoms with Crippen LogP contribution in [0.3, 0.4) is 0 Å². The maximum absolute atomic E-state index is 5.86. The van der Waals surface area contributed by atoms with Gasteiger partial charge in [-0.05, 0) is 51.1 Å². The van der Waals surface area contributed by atoms with Crippen molar-refractivity contribution in [2.45, 2.75) is 39.8 Å². The van der Waals surface area contributed by atoms with Crippen molar-refractivity contribution in [2.75, 3.05) is 6.54 Å². The lowest BCUT2D eigenvalue weighted by Gasteiger charge is -2.10. The normalized spacial score (nSPS) is 11.0. The Labute approximate surface area is 121 Å². The van der Waals surface area contributed by atoms with E-state index in [1.807, 2.05) is 50.2 Å². The highest BCUT2D eigenvalue weighted by molar-refractivity contribution is 5.59. The highest BCUT2D eigenvalue weighted by Crippen LogP contribution is 2.26. The van der Waals surface area contributed by atoms with E-state index in [1.54, 1.807) is 0 Å². The minimum absolute atomic E-state index is 0.177. The van der Waals surface area contributed by atoms with E-state index in [9.17, 15) is 0 Å². The van der Waals surface area contributed by atoms with Crippen molar-refractivity contribution in [3.63, 3.8) is 0 Å². The molecular formula is C17H23NO2. The van der Waals surface area contributed by atoms with Gasteiger partial charge < -0.3 is 14.5 Å². The van der Waals surface area contributed by atoms with Crippen molar-refractivity contribution < 1.29 is 9.15 Å². The number of rotatable bonds is 7. The quantitative estimate of drug-likeness (QED) is 0.766. The predicted octanol–water partition coefficient (Wildman–Crippen LogP) is 4.23. The Balaban J connectivity index is 2.07. The van der Waals surface area contributed by atoms with Gasteiger partial charge in [0.1, 0.15) is 17.3 Å². The average Bonchev–Trinajstić information content (AvgIpc) is 2.87. The van der Waals surface area contributed by atoms with Gasteiger partial charge in [0.05, 0.1) is 12.6 Å². The molecule has 0 radical (unpaired) electrons. The lowest BCUT2D eigenvalue weighted by atomic mass is 10.1. The fraction of sp³-hybridized carbons (Fsp3) is 0.412. The molecule has 20 heavy (non-hydrogen) atoms. The van der Waals surface area contributed by atoms with Gasteiger partial charge in [0.25, 0.3) is 0 Å². The Morgan fingerprint density at radius 2 is 2.05 bits per heavy atom. The SMILES string of the molecule is CCCNCc1ccc(-c2cccc(OC(C)C)c2)o1. The van der Waals surface area contributed by atoms with E-state index in [0.717, 1.165) is 42.3 Å². The van der Waals surface area contributed by atoms with Gasteiger partial charge in [-0.15, -0.1) is 0 Å². The van der Waals surface area contributed by atoms with Gasteiger partial charge in [0.2, 0.25) is 0 Å². The number of hydrogen-bond donors (Lipinski definition) is 1. The number of benzene rings is 1. The number of hydrogen-bond acceptors (Lipinski definition) is 3. The summed E-state index contributed by atoms with van der Waals surface area (Å²) in [4.78, 5) is 0. The molecule has 0 saturated heterocycles. The lowest BCUT2D eigenvalue weighted by molar-refractivity contribution is 0.242. The Hall–Kier alpha value is -1.74. The van der Waals surface area contributed by atoms with Crippen molar-refractivity contribution in [1.29, 1.82) is 0 Å². The molecule has 108 valence electrons. The summed E-state index contributed by atoms with van der Waals surface area (Å²) in [5.41, 5.74) is 1.05. The van der Waals surface area contributed by atoms with Gasteiger partial charge >= 0.3 is 0 Å². The third-order valence-corrected chi connectivity index (χ3v) is 2.88. The Kier molecular flexibility index (Phi) is 5.24. The van der Waals surface area contributed by atoms with Crippen LogP contribution in [-0.2, 0) is 6.54 Å². The first kappa shape index (κ1) is 14.7. The molecule has 0 aliphatic heterocycles. The summed E-state index contributed by atoms with van der Waals surface area (Å²) in [6.45, 7) is 7.98. The van der Waals surface area contributed by atoms with Crippen molar-refractivity contribution in [2.24, 2.45) is 0 Å². The van der Waals surface area contributed by atoms with E-state index in [-0.39, 0.29) is 6.10 Å². The summed E-state index contributed by atoms with van der Waals surface area (Å²) in [7, 11) is 0. The van der Waals surface area contributed by atoms with Crippen LogP contribution in [0.4, 0.5) is 0 Å². The monoisotopic (exact) mass is 273 g/mol. The van der Waals surface area contributed by atoms with E-state index in [1.165, 1.54) is 0 Å². The first-order valence-corrected chi connectivity index (χ1v) is 7.25. The maximum atomic E-state index is 5.86. The zero-order chi connectivity index (χ0) is 14.4. The molecule has 3 heteroatoms. The molecule has 2 rings (SSSR count). The Morgan fingerprint density at radius 3 is 2.80 bits per heavy atom. The van der Waals surface area contributed by atoms with Crippen LogP contribution in [0.25, 0.3) is 11.3 Å². The molecule has 0 unspecified atom stereocenters. The van der Waals surface area contributed by atoms with Crippen LogP contribution in [0.1, 0.15) is 33.0 Å². The molecule has 0 atom stereocenters. The summed E-state index contributed by atoms with van der Waals surface area (Å²) in [6, 6.07) is 12.0. The van der Waals surface area contributed by atoms with Gasteiger partial charge in [-0.25, -0.2) is 0 Å². The Morgan fingerprint density at radius 1 is 1.20 bits per heavy atom. The summed E-state index contributed by atoms with van der Waals surface area (Å²) >= 11 is 0. The second-order valence-electron chi connectivity index (χ2n) is 5.14. The first-order chi connectivity index (χ1) is 9.69. The topological polar surface area (TPSA) is 34.4 Å². The van der Waals surface area contributed by atoms with Crippen LogP contribution in [0.15, 0.2) is 40.8 Å². The molecule has 0 fully saturated rings. The molecule has 0 spiro atoms. The Bertz CT molecular complexity index is 531. The van der Waals surface area contributed by atoms with E-state index in [4.69, 9.17) is 9.15 Å². The molecule has 1 aromatic carbocycles. The zero-order valence-corrected chi connectivity index (χ0v) is 12.5. The summed E-state index contributed by atoms with van der Waals surface area (Å²) in [5, 5.41) is 3.34. The van der Waals surface area contributed by atoms with Crippen LogP contribution in [0, 0.1) is 0 Å². The highest BCUT2D eigenvalue weighted by atomic mass is 16.5. The van der Waals surface area contributed by atoms with E-state index < -0.39 is 0 Å². The largest absolute Gasteiger partial charge is 0.491 e. The van der Waals surface area contributed by atoms with E-state index in [2.05, 4.69) is 12.2 Å². The molecule has 0 bridgehead atoms. The first-order valence-electron chi connectivity index (χ1n) is 7.25. The van der Waals surface area contributed by atoms with Crippen molar-refractivity contribution >= 4 is 0 Å². The highest BCUT2D eigenvalue weighted by Gasteiger charge is 2.06. The third kappa shape index (κ3) is 4.14.